The maximum Gasteiger partial charge on any atom is 0.246 e. The summed E-state index contributed by atoms with van der Waals surface area (Å²) in [6.07, 6.45) is 0. The molecule has 0 aliphatic heterocycles. The summed E-state index contributed by atoms with van der Waals surface area (Å²) in [7, 11) is 0. The van der Waals surface area contributed by atoms with Crippen molar-refractivity contribution in [1.29, 1.82) is 0 Å². The van der Waals surface area contributed by atoms with E-state index < -0.39 is 0 Å². The van der Waals surface area contributed by atoms with Gasteiger partial charge in [0.05, 0.1) is 12.6 Å². The summed E-state index contributed by atoms with van der Waals surface area (Å²) in [6.45, 7) is 2.69. The highest BCUT2D eigenvalue weighted by atomic mass is 35.5. The lowest BCUT2D eigenvalue weighted by molar-refractivity contribution is -0.126. The van der Waals surface area contributed by atoms with E-state index in [0.29, 0.717) is 18.2 Å². The number of halogens is 1. The van der Waals surface area contributed by atoms with Gasteiger partial charge < -0.3 is 15.8 Å². The summed E-state index contributed by atoms with van der Waals surface area (Å²) >= 11 is 6.03. The van der Waals surface area contributed by atoms with Crippen molar-refractivity contribution in [2.75, 3.05) is 19.8 Å². The highest BCUT2D eigenvalue weighted by molar-refractivity contribution is 6.31. The van der Waals surface area contributed by atoms with E-state index in [1.807, 2.05) is 25.1 Å². The molecule has 0 saturated carbocycles. The number of hydrogen-bond donors (Lipinski definition) is 2. The lowest BCUT2D eigenvalue weighted by atomic mass is 10.1. The number of rotatable bonds is 6. The zero-order chi connectivity index (χ0) is 12.7. The fraction of sp³-hybridized carbons (Fsp3) is 0.417. The van der Waals surface area contributed by atoms with Gasteiger partial charge in [0.15, 0.2) is 0 Å². The van der Waals surface area contributed by atoms with Crippen LogP contribution in [0, 0.1) is 0 Å². The quantitative estimate of drug-likeness (QED) is 0.758. The molecule has 0 spiro atoms. The van der Waals surface area contributed by atoms with E-state index in [1.54, 1.807) is 6.07 Å². The van der Waals surface area contributed by atoms with Crippen molar-refractivity contribution < 1.29 is 9.53 Å². The van der Waals surface area contributed by atoms with Gasteiger partial charge in [-0.1, -0.05) is 29.8 Å². The number of nitrogens with one attached hydrogen (secondary N) is 1. The molecule has 0 bridgehead atoms. The molecule has 0 saturated heterocycles. The molecule has 0 heterocycles. The zero-order valence-corrected chi connectivity index (χ0v) is 10.5. The number of carbonyl (C=O) groups is 1. The van der Waals surface area contributed by atoms with Crippen molar-refractivity contribution in [2.45, 2.75) is 13.0 Å². The third-order valence-electron chi connectivity index (χ3n) is 2.24. The highest BCUT2D eigenvalue weighted by Crippen LogP contribution is 2.21. The number of benzene rings is 1. The van der Waals surface area contributed by atoms with Gasteiger partial charge >= 0.3 is 0 Å². The summed E-state index contributed by atoms with van der Waals surface area (Å²) in [4.78, 5) is 11.5. The topological polar surface area (TPSA) is 64.3 Å². The van der Waals surface area contributed by atoms with Crippen LogP contribution < -0.4 is 11.1 Å². The van der Waals surface area contributed by atoms with Crippen molar-refractivity contribution in [1.82, 2.24) is 5.32 Å². The number of amides is 1. The molecule has 0 unspecified atom stereocenters. The normalized spacial score (nSPS) is 12.2. The first-order chi connectivity index (χ1) is 8.15. The van der Waals surface area contributed by atoms with Crippen molar-refractivity contribution >= 4 is 17.5 Å². The summed E-state index contributed by atoms with van der Waals surface area (Å²) in [5, 5.41) is 3.45. The molecule has 0 aromatic heterocycles. The third kappa shape index (κ3) is 4.73. The van der Waals surface area contributed by atoms with E-state index >= 15 is 0 Å². The second kappa shape index (κ2) is 7.27. The molecule has 4 nitrogen and oxygen atoms in total. The zero-order valence-electron chi connectivity index (χ0n) is 9.78. The van der Waals surface area contributed by atoms with Gasteiger partial charge in [-0.25, -0.2) is 0 Å². The highest BCUT2D eigenvalue weighted by Gasteiger charge is 2.11. The van der Waals surface area contributed by atoms with Gasteiger partial charge in [0.2, 0.25) is 5.91 Å². The van der Waals surface area contributed by atoms with Crippen LogP contribution in [-0.2, 0) is 9.53 Å². The smallest absolute Gasteiger partial charge is 0.246 e. The van der Waals surface area contributed by atoms with Crippen LogP contribution in [0.4, 0.5) is 0 Å². The number of hydrogen-bond acceptors (Lipinski definition) is 3. The molecule has 1 atom stereocenters. The Morgan fingerprint density at radius 3 is 2.88 bits per heavy atom. The van der Waals surface area contributed by atoms with E-state index in [2.05, 4.69) is 5.32 Å². The predicted molar refractivity (Wildman–Crippen MR) is 67.9 cm³/mol. The van der Waals surface area contributed by atoms with Crippen LogP contribution in [-0.4, -0.2) is 25.7 Å². The van der Waals surface area contributed by atoms with Crippen LogP contribution in [0.1, 0.15) is 18.5 Å². The third-order valence-corrected chi connectivity index (χ3v) is 2.59. The van der Waals surface area contributed by atoms with Crippen LogP contribution in [0.25, 0.3) is 0 Å². The van der Waals surface area contributed by atoms with Crippen molar-refractivity contribution in [3.63, 3.8) is 0 Å². The molecule has 17 heavy (non-hydrogen) atoms. The molecule has 0 fully saturated rings. The van der Waals surface area contributed by atoms with E-state index in [4.69, 9.17) is 22.1 Å². The predicted octanol–water partition coefficient (Wildman–Crippen LogP) is 1.49. The van der Waals surface area contributed by atoms with Crippen molar-refractivity contribution in [3.8, 4) is 0 Å². The minimum absolute atomic E-state index is 0.0198. The maximum absolute atomic E-state index is 11.5. The van der Waals surface area contributed by atoms with Crippen LogP contribution in [0.5, 0.6) is 0 Å². The van der Waals surface area contributed by atoms with Crippen LogP contribution in [0.2, 0.25) is 5.02 Å². The SMILES string of the molecule is C[C@@H](NC(=O)COCCN)c1ccccc1Cl. The van der Waals surface area contributed by atoms with Gasteiger partial charge in [-0.2, -0.15) is 0 Å². The first-order valence-electron chi connectivity index (χ1n) is 5.46. The first-order valence-corrected chi connectivity index (χ1v) is 5.84. The van der Waals surface area contributed by atoms with Crippen LogP contribution in [0.3, 0.4) is 0 Å². The van der Waals surface area contributed by atoms with Gasteiger partial charge in [-0.15, -0.1) is 0 Å². The van der Waals surface area contributed by atoms with Gasteiger partial charge in [0.1, 0.15) is 6.61 Å². The molecular formula is C12H17ClN2O2. The first kappa shape index (κ1) is 14.0. The van der Waals surface area contributed by atoms with E-state index in [9.17, 15) is 4.79 Å². The Morgan fingerprint density at radius 2 is 2.24 bits per heavy atom. The average molecular weight is 257 g/mol. The molecule has 1 amide bonds. The minimum Gasteiger partial charge on any atom is -0.370 e. The Morgan fingerprint density at radius 1 is 1.53 bits per heavy atom. The van der Waals surface area contributed by atoms with Crippen LogP contribution >= 0.6 is 11.6 Å². The minimum atomic E-state index is -0.175. The van der Waals surface area contributed by atoms with E-state index in [0.717, 1.165) is 5.56 Å². The molecule has 1 aromatic carbocycles. The van der Waals surface area contributed by atoms with Crippen molar-refractivity contribution in [3.05, 3.63) is 34.9 Å². The summed E-state index contributed by atoms with van der Waals surface area (Å²) < 4.78 is 5.04. The summed E-state index contributed by atoms with van der Waals surface area (Å²) in [6, 6.07) is 7.27. The van der Waals surface area contributed by atoms with Gasteiger partial charge in [-0.3, -0.25) is 4.79 Å². The fourth-order valence-corrected chi connectivity index (χ4v) is 1.73. The number of ether oxygens (including phenoxy) is 1. The lowest BCUT2D eigenvalue weighted by Crippen LogP contribution is -2.31. The Hall–Kier alpha value is -1.10. The second-order valence-electron chi connectivity index (χ2n) is 3.65. The second-order valence-corrected chi connectivity index (χ2v) is 4.06. The molecule has 5 heteroatoms. The van der Waals surface area contributed by atoms with Crippen LogP contribution in [0.15, 0.2) is 24.3 Å². The summed E-state index contributed by atoms with van der Waals surface area (Å²) in [5.74, 6) is -0.175. The Bertz CT molecular complexity index is 371. The van der Waals surface area contributed by atoms with Gasteiger partial charge in [0.25, 0.3) is 0 Å². The Kier molecular flexibility index (Phi) is 5.97. The molecule has 1 rings (SSSR count). The van der Waals surface area contributed by atoms with E-state index in [-0.39, 0.29) is 18.6 Å². The largest absolute Gasteiger partial charge is 0.370 e. The standard InChI is InChI=1S/C12H17ClN2O2/c1-9(10-4-2-3-5-11(10)13)15-12(16)8-17-7-6-14/h2-5,9H,6-8,14H2,1H3,(H,15,16)/t9-/m1/s1. The lowest BCUT2D eigenvalue weighted by Gasteiger charge is -2.15. The van der Waals surface area contributed by atoms with Gasteiger partial charge in [-0.05, 0) is 18.6 Å². The van der Waals surface area contributed by atoms with Crippen molar-refractivity contribution in [2.24, 2.45) is 5.73 Å². The molecular weight excluding hydrogens is 240 g/mol. The number of nitrogens with two attached hydrogens (primary N) is 1. The molecule has 94 valence electrons. The number of carbonyl (C=O) groups excluding carboxylic acids is 1. The Balaban J connectivity index is 2.46. The molecule has 0 aliphatic carbocycles. The maximum atomic E-state index is 11.5. The molecule has 3 N–H and O–H groups in total. The summed E-state index contributed by atoms with van der Waals surface area (Å²) in [5.41, 5.74) is 6.14. The monoisotopic (exact) mass is 256 g/mol. The average Bonchev–Trinajstić information content (AvgIpc) is 2.29. The molecule has 1 aromatic rings. The fourth-order valence-electron chi connectivity index (χ4n) is 1.44. The Labute approximate surface area is 106 Å². The van der Waals surface area contributed by atoms with E-state index in [1.165, 1.54) is 0 Å². The van der Waals surface area contributed by atoms with Gasteiger partial charge in [0, 0.05) is 11.6 Å². The molecule has 0 radical (unpaired) electrons. The molecule has 0 aliphatic rings.